The third-order valence-corrected chi connectivity index (χ3v) is 4.06. The molecular formula is C20H21ClN2O5. The van der Waals surface area contributed by atoms with Crippen molar-refractivity contribution in [2.45, 2.75) is 26.0 Å². The predicted octanol–water partition coefficient (Wildman–Crippen LogP) is 3.04. The maximum atomic E-state index is 12.2. The van der Waals surface area contributed by atoms with Gasteiger partial charge in [-0.25, -0.2) is 4.79 Å². The monoisotopic (exact) mass is 404 g/mol. The van der Waals surface area contributed by atoms with Gasteiger partial charge in [0.15, 0.2) is 6.10 Å². The number of hydrogen-bond acceptors (Lipinski definition) is 5. The molecule has 0 saturated carbocycles. The van der Waals surface area contributed by atoms with E-state index in [-0.39, 0.29) is 0 Å². The van der Waals surface area contributed by atoms with E-state index >= 15 is 0 Å². The number of benzene rings is 2. The summed E-state index contributed by atoms with van der Waals surface area (Å²) in [5.41, 5.74) is 0.865. The van der Waals surface area contributed by atoms with Crippen LogP contribution in [0.1, 0.15) is 24.2 Å². The van der Waals surface area contributed by atoms with Gasteiger partial charge in [-0.1, -0.05) is 17.7 Å². The van der Waals surface area contributed by atoms with Gasteiger partial charge in [-0.2, -0.15) is 0 Å². The molecule has 0 saturated heterocycles. The van der Waals surface area contributed by atoms with Crippen LogP contribution in [0.15, 0.2) is 48.5 Å². The summed E-state index contributed by atoms with van der Waals surface area (Å²) in [4.78, 5) is 36.5. The fourth-order valence-electron chi connectivity index (χ4n) is 2.21. The van der Waals surface area contributed by atoms with Gasteiger partial charge in [0, 0.05) is 22.3 Å². The SMILES string of the molecule is COc1cccc(NC(=O)[C@H](C)OC(=O)[C@@H](C)NC(=O)c2ccc(Cl)cc2)c1. The van der Waals surface area contributed by atoms with Gasteiger partial charge in [0.25, 0.3) is 11.8 Å². The first-order valence-electron chi connectivity index (χ1n) is 8.52. The Morgan fingerprint density at radius 1 is 1.04 bits per heavy atom. The van der Waals surface area contributed by atoms with Crippen molar-refractivity contribution in [1.82, 2.24) is 5.32 Å². The lowest BCUT2D eigenvalue weighted by atomic mass is 10.2. The number of ether oxygens (including phenoxy) is 2. The first-order chi connectivity index (χ1) is 13.3. The standard InChI is InChI=1S/C20H21ClN2O5/c1-12(22-19(25)14-7-9-15(21)10-8-14)20(26)28-13(2)18(24)23-16-5-4-6-17(11-16)27-3/h4-13H,1-3H3,(H,22,25)(H,23,24)/t12-,13+/m1/s1. The number of carbonyl (C=O) groups excluding carboxylic acids is 3. The number of nitrogens with one attached hydrogen (secondary N) is 2. The van der Waals surface area contributed by atoms with Crippen LogP contribution in [0.2, 0.25) is 5.02 Å². The summed E-state index contributed by atoms with van der Waals surface area (Å²) in [6.07, 6.45) is -1.05. The van der Waals surface area contributed by atoms with Crippen molar-refractivity contribution in [3.8, 4) is 5.75 Å². The molecule has 2 aromatic rings. The van der Waals surface area contributed by atoms with Crippen LogP contribution in [0, 0.1) is 0 Å². The molecule has 28 heavy (non-hydrogen) atoms. The number of amides is 2. The van der Waals surface area contributed by atoms with Gasteiger partial charge in [-0.3, -0.25) is 9.59 Å². The van der Waals surface area contributed by atoms with Gasteiger partial charge in [0.2, 0.25) is 0 Å². The highest BCUT2D eigenvalue weighted by molar-refractivity contribution is 6.30. The van der Waals surface area contributed by atoms with Crippen LogP contribution < -0.4 is 15.4 Å². The fraction of sp³-hybridized carbons (Fsp3) is 0.250. The molecule has 0 aliphatic rings. The van der Waals surface area contributed by atoms with Crippen molar-refractivity contribution in [2.75, 3.05) is 12.4 Å². The minimum atomic E-state index is -1.05. The van der Waals surface area contributed by atoms with Gasteiger partial charge in [0.05, 0.1) is 7.11 Å². The van der Waals surface area contributed by atoms with Crippen LogP contribution in [-0.2, 0) is 14.3 Å². The van der Waals surface area contributed by atoms with E-state index in [0.29, 0.717) is 22.0 Å². The second-order valence-electron chi connectivity index (χ2n) is 6.00. The summed E-state index contributed by atoms with van der Waals surface area (Å²) in [5, 5.41) is 5.66. The molecule has 0 aromatic heterocycles. The van der Waals surface area contributed by atoms with Gasteiger partial charge in [-0.05, 0) is 50.2 Å². The van der Waals surface area contributed by atoms with Crippen LogP contribution in [0.3, 0.4) is 0 Å². The molecule has 2 rings (SSSR count). The molecule has 0 heterocycles. The number of rotatable bonds is 7. The van der Waals surface area contributed by atoms with Crippen molar-refractivity contribution >= 4 is 35.1 Å². The summed E-state index contributed by atoms with van der Waals surface area (Å²) in [6, 6.07) is 12.1. The van der Waals surface area contributed by atoms with Crippen molar-refractivity contribution < 1.29 is 23.9 Å². The first kappa shape index (κ1) is 21.2. The van der Waals surface area contributed by atoms with Crippen LogP contribution in [0.5, 0.6) is 5.75 Å². The Hall–Kier alpha value is -3.06. The van der Waals surface area contributed by atoms with Gasteiger partial charge in [0.1, 0.15) is 11.8 Å². The smallest absolute Gasteiger partial charge is 0.329 e. The Morgan fingerprint density at radius 2 is 1.71 bits per heavy atom. The molecule has 148 valence electrons. The number of methoxy groups -OCH3 is 1. The minimum Gasteiger partial charge on any atom is -0.497 e. The predicted molar refractivity (Wildman–Crippen MR) is 106 cm³/mol. The number of carbonyl (C=O) groups is 3. The molecule has 2 N–H and O–H groups in total. The molecule has 2 atom stereocenters. The number of esters is 1. The molecule has 0 unspecified atom stereocenters. The van der Waals surface area contributed by atoms with Crippen LogP contribution in [0.4, 0.5) is 5.69 Å². The second-order valence-corrected chi connectivity index (χ2v) is 6.44. The lowest BCUT2D eigenvalue weighted by Crippen LogP contribution is -2.42. The van der Waals surface area contributed by atoms with Crippen molar-refractivity contribution in [3.63, 3.8) is 0 Å². The van der Waals surface area contributed by atoms with Gasteiger partial charge < -0.3 is 20.1 Å². The Labute approximate surface area is 168 Å². The third-order valence-electron chi connectivity index (χ3n) is 3.81. The normalized spacial score (nSPS) is 12.4. The van der Waals surface area contributed by atoms with Crippen LogP contribution in [0.25, 0.3) is 0 Å². The second kappa shape index (κ2) is 9.75. The highest BCUT2D eigenvalue weighted by Gasteiger charge is 2.23. The molecule has 7 nitrogen and oxygen atoms in total. The van der Waals surface area contributed by atoms with Gasteiger partial charge in [-0.15, -0.1) is 0 Å². The molecule has 0 aliphatic carbocycles. The highest BCUT2D eigenvalue weighted by Crippen LogP contribution is 2.17. The summed E-state index contributed by atoms with van der Waals surface area (Å²) in [7, 11) is 1.52. The maximum absolute atomic E-state index is 12.2. The van der Waals surface area contributed by atoms with E-state index in [2.05, 4.69) is 10.6 Å². The van der Waals surface area contributed by atoms with E-state index in [1.807, 2.05) is 0 Å². The third kappa shape index (κ3) is 5.99. The molecule has 0 aliphatic heterocycles. The Bertz CT molecular complexity index is 854. The van der Waals surface area contributed by atoms with E-state index < -0.39 is 29.9 Å². The average Bonchev–Trinajstić information content (AvgIpc) is 2.68. The molecule has 0 radical (unpaired) electrons. The van der Waals surface area contributed by atoms with E-state index in [1.54, 1.807) is 48.5 Å². The first-order valence-corrected chi connectivity index (χ1v) is 8.89. The van der Waals surface area contributed by atoms with Crippen molar-refractivity contribution in [2.24, 2.45) is 0 Å². The van der Waals surface area contributed by atoms with Crippen LogP contribution in [-0.4, -0.2) is 37.0 Å². The highest BCUT2D eigenvalue weighted by atomic mass is 35.5. The molecule has 2 aromatic carbocycles. The molecule has 0 bridgehead atoms. The molecule has 2 amide bonds. The van der Waals surface area contributed by atoms with Gasteiger partial charge >= 0.3 is 5.97 Å². The molecule has 0 fully saturated rings. The molecule has 0 spiro atoms. The Morgan fingerprint density at radius 3 is 2.36 bits per heavy atom. The van der Waals surface area contributed by atoms with E-state index in [0.717, 1.165) is 0 Å². The van der Waals surface area contributed by atoms with Crippen molar-refractivity contribution in [1.29, 1.82) is 0 Å². The summed E-state index contributed by atoms with van der Waals surface area (Å²) in [5.74, 6) is -1.09. The number of halogens is 1. The number of hydrogen-bond donors (Lipinski definition) is 2. The topological polar surface area (TPSA) is 93.7 Å². The Kier molecular flexibility index (Phi) is 7.40. The molecular weight excluding hydrogens is 384 g/mol. The zero-order chi connectivity index (χ0) is 20.7. The van der Waals surface area contributed by atoms with Crippen LogP contribution >= 0.6 is 11.6 Å². The quantitative estimate of drug-likeness (QED) is 0.692. The lowest BCUT2D eigenvalue weighted by Gasteiger charge is -2.18. The average molecular weight is 405 g/mol. The zero-order valence-electron chi connectivity index (χ0n) is 15.7. The minimum absolute atomic E-state index is 0.355. The Balaban J connectivity index is 1.88. The van der Waals surface area contributed by atoms with Crippen molar-refractivity contribution in [3.05, 3.63) is 59.1 Å². The summed E-state index contributed by atoms with van der Waals surface area (Å²) < 4.78 is 10.2. The maximum Gasteiger partial charge on any atom is 0.329 e. The largest absolute Gasteiger partial charge is 0.497 e. The zero-order valence-corrected chi connectivity index (χ0v) is 16.4. The lowest BCUT2D eigenvalue weighted by molar-refractivity contribution is -0.154. The van der Waals surface area contributed by atoms with E-state index in [9.17, 15) is 14.4 Å². The summed E-state index contributed by atoms with van der Waals surface area (Å²) in [6.45, 7) is 2.92. The summed E-state index contributed by atoms with van der Waals surface area (Å²) >= 11 is 5.78. The number of anilines is 1. The van der Waals surface area contributed by atoms with E-state index in [4.69, 9.17) is 21.1 Å². The van der Waals surface area contributed by atoms with E-state index in [1.165, 1.54) is 21.0 Å². The fourth-order valence-corrected chi connectivity index (χ4v) is 2.34. The molecule has 8 heteroatoms.